The topological polar surface area (TPSA) is 93.2 Å². The summed E-state index contributed by atoms with van der Waals surface area (Å²) in [6, 6.07) is 15.9. The van der Waals surface area contributed by atoms with Crippen LogP contribution in [0, 0.1) is 0 Å². The zero-order valence-corrected chi connectivity index (χ0v) is 12.7. The summed E-state index contributed by atoms with van der Waals surface area (Å²) in [6.07, 6.45) is -0.710. The molecule has 0 atom stereocenters. The van der Waals surface area contributed by atoms with Crippen LogP contribution in [0.25, 0.3) is 10.9 Å². The Morgan fingerprint density at radius 3 is 2.54 bits per heavy atom. The van der Waals surface area contributed by atoms with Crippen molar-refractivity contribution in [3.05, 3.63) is 81.0 Å². The van der Waals surface area contributed by atoms with E-state index >= 15 is 0 Å². The molecule has 24 heavy (non-hydrogen) atoms. The van der Waals surface area contributed by atoms with Gasteiger partial charge in [-0.15, -0.1) is 0 Å². The van der Waals surface area contributed by atoms with Crippen molar-refractivity contribution in [2.24, 2.45) is 0 Å². The van der Waals surface area contributed by atoms with E-state index in [0.717, 1.165) is 10.1 Å². The quantitative estimate of drug-likeness (QED) is 0.761. The first kappa shape index (κ1) is 15.5. The van der Waals surface area contributed by atoms with E-state index in [9.17, 15) is 14.4 Å². The molecule has 2 N–H and O–H groups in total. The number of rotatable bonds is 4. The van der Waals surface area contributed by atoms with E-state index in [1.807, 2.05) is 30.3 Å². The highest BCUT2D eigenvalue weighted by molar-refractivity contribution is 5.76. The van der Waals surface area contributed by atoms with Gasteiger partial charge in [0.25, 0.3) is 5.56 Å². The van der Waals surface area contributed by atoms with Crippen LogP contribution in [0.5, 0.6) is 0 Å². The molecule has 0 aliphatic rings. The van der Waals surface area contributed by atoms with E-state index in [-0.39, 0.29) is 13.3 Å². The van der Waals surface area contributed by atoms with Crippen molar-refractivity contribution in [1.29, 1.82) is 0 Å². The molecule has 7 heteroatoms. The summed E-state index contributed by atoms with van der Waals surface area (Å²) in [6.45, 7) is -0.164. The van der Waals surface area contributed by atoms with Crippen LogP contribution in [-0.2, 0) is 18.0 Å². The molecule has 3 rings (SSSR count). The molecule has 1 heterocycles. The number of aromatic amines is 1. The first-order valence-corrected chi connectivity index (χ1v) is 7.31. The number of hydrogen-bond donors (Lipinski definition) is 2. The van der Waals surface area contributed by atoms with Gasteiger partial charge in [0.15, 0.2) is 0 Å². The molecule has 1 aromatic heterocycles. The van der Waals surface area contributed by atoms with Gasteiger partial charge in [-0.05, 0) is 17.7 Å². The molecule has 0 unspecified atom stereocenters. The minimum absolute atomic E-state index is 0.107. The Bertz CT molecular complexity index is 976. The molecule has 0 saturated carbocycles. The monoisotopic (exact) mass is 325 g/mol. The van der Waals surface area contributed by atoms with Crippen molar-refractivity contribution in [2.45, 2.75) is 13.3 Å². The molecule has 0 aliphatic carbocycles. The van der Waals surface area contributed by atoms with Crippen LogP contribution in [0.3, 0.4) is 0 Å². The van der Waals surface area contributed by atoms with Crippen molar-refractivity contribution in [3.63, 3.8) is 0 Å². The highest BCUT2D eigenvalue weighted by Gasteiger charge is 2.09. The number of H-pyrrole nitrogens is 1. The molecule has 0 bridgehead atoms. The van der Waals surface area contributed by atoms with Crippen LogP contribution in [0.1, 0.15) is 5.56 Å². The summed E-state index contributed by atoms with van der Waals surface area (Å²) in [7, 11) is 0. The Labute approximate surface area is 136 Å². The number of para-hydroxylation sites is 1. The Morgan fingerprint density at radius 1 is 1.04 bits per heavy atom. The largest absolute Gasteiger partial charge is 0.445 e. The van der Waals surface area contributed by atoms with Gasteiger partial charge in [0.1, 0.15) is 13.3 Å². The standard InChI is InChI=1S/C17H15N3O4/c21-15-13-8-4-5-9-14(13)19-16(22)20(15)11-18-17(23)24-10-12-6-2-1-3-7-12/h1-9H,10-11H2,(H,18,23)(H,19,22). The van der Waals surface area contributed by atoms with Crippen LogP contribution in [0.2, 0.25) is 0 Å². The van der Waals surface area contributed by atoms with Crippen molar-refractivity contribution in [2.75, 3.05) is 0 Å². The van der Waals surface area contributed by atoms with E-state index < -0.39 is 17.3 Å². The summed E-state index contributed by atoms with van der Waals surface area (Å²) in [4.78, 5) is 38.6. The summed E-state index contributed by atoms with van der Waals surface area (Å²) in [5.41, 5.74) is 0.226. The van der Waals surface area contributed by atoms with Crippen LogP contribution in [-0.4, -0.2) is 15.6 Å². The number of aromatic nitrogens is 2. The molecule has 0 spiro atoms. The maximum Gasteiger partial charge on any atom is 0.408 e. The SMILES string of the molecule is O=C(NCn1c(=O)[nH]c2ccccc2c1=O)OCc1ccccc1. The predicted octanol–water partition coefficient (Wildman–Crippen LogP) is 1.57. The average molecular weight is 325 g/mol. The van der Waals surface area contributed by atoms with Crippen LogP contribution < -0.4 is 16.6 Å². The molecule has 122 valence electrons. The van der Waals surface area contributed by atoms with Crippen molar-refractivity contribution in [3.8, 4) is 0 Å². The van der Waals surface area contributed by atoms with Gasteiger partial charge < -0.3 is 15.0 Å². The van der Waals surface area contributed by atoms with Gasteiger partial charge in [-0.1, -0.05) is 42.5 Å². The fourth-order valence-electron chi connectivity index (χ4n) is 2.26. The summed E-state index contributed by atoms with van der Waals surface area (Å²) >= 11 is 0. The number of nitrogens with one attached hydrogen (secondary N) is 2. The van der Waals surface area contributed by atoms with E-state index in [2.05, 4.69) is 10.3 Å². The number of ether oxygens (including phenoxy) is 1. The maximum absolute atomic E-state index is 12.3. The highest BCUT2D eigenvalue weighted by atomic mass is 16.5. The number of amides is 1. The fraction of sp³-hybridized carbons (Fsp3) is 0.118. The summed E-state index contributed by atoms with van der Waals surface area (Å²) in [5.74, 6) is 0. The van der Waals surface area contributed by atoms with Gasteiger partial charge >= 0.3 is 11.8 Å². The number of alkyl carbamates (subject to hydrolysis) is 1. The first-order chi connectivity index (χ1) is 11.6. The molecule has 0 aliphatic heterocycles. The minimum Gasteiger partial charge on any atom is -0.445 e. The van der Waals surface area contributed by atoms with E-state index in [4.69, 9.17) is 4.74 Å². The lowest BCUT2D eigenvalue weighted by atomic mass is 10.2. The number of fused-ring (bicyclic) bond motifs is 1. The van der Waals surface area contributed by atoms with E-state index in [0.29, 0.717) is 10.9 Å². The third-order valence-corrected chi connectivity index (χ3v) is 3.48. The number of carbonyl (C=O) groups is 1. The lowest BCUT2D eigenvalue weighted by Gasteiger charge is -2.09. The normalized spacial score (nSPS) is 10.5. The Kier molecular flexibility index (Phi) is 4.42. The minimum atomic E-state index is -0.710. The molecule has 1 amide bonds. The predicted molar refractivity (Wildman–Crippen MR) is 88.6 cm³/mol. The second kappa shape index (κ2) is 6.82. The second-order valence-corrected chi connectivity index (χ2v) is 5.11. The van der Waals surface area contributed by atoms with Crippen molar-refractivity contribution >= 4 is 17.0 Å². The van der Waals surface area contributed by atoms with Gasteiger partial charge in [-0.2, -0.15) is 0 Å². The molecule has 2 aromatic carbocycles. The third-order valence-electron chi connectivity index (χ3n) is 3.48. The van der Waals surface area contributed by atoms with Gasteiger partial charge in [0.2, 0.25) is 0 Å². The zero-order chi connectivity index (χ0) is 16.9. The van der Waals surface area contributed by atoms with E-state index in [1.165, 1.54) is 0 Å². The van der Waals surface area contributed by atoms with Crippen LogP contribution >= 0.6 is 0 Å². The number of hydrogen-bond acceptors (Lipinski definition) is 4. The van der Waals surface area contributed by atoms with E-state index in [1.54, 1.807) is 24.3 Å². The molecule has 3 aromatic rings. The van der Waals surface area contributed by atoms with Gasteiger partial charge in [-0.25, -0.2) is 14.2 Å². The number of carbonyl (C=O) groups excluding carboxylic acids is 1. The molecule has 0 saturated heterocycles. The average Bonchev–Trinajstić information content (AvgIpc) is 2.60. The zero-order valence-electron chi connectivity index (χ0n) is 12.7. The Balaban J connectivity index is 1.68. The van der Waals surface area contributed by atoms with Crippen LogP contribution in [0.4, 0.5) is 4.79 Å². The Hall–Kier alpha value is -3.35. The summed E-state index contributed by atoms with van der Waals surface area (Å²) < 4.78 is 5.95. The highest BCUT2D eigenvalue weighted by Crippen LogP contribution is 2.03. The van der Waals surface area contributed by atoms with Gasteiger partial charge in [0, 0.05) is 0 Å². The lowest BCUT2D eigenvalue weighted by molar-refractivity contribution is 0.136. The van der Waals surface area contributed by atoms with Crippen molar-refractivity contribution in [1.82, 2.24) is 14.9 Å². The molecule has 0 radical (unpaired) electrons. The second-order valence-electron chi connectivity index (χ2n) is 5.11. The third kappa shape index (κ3) is 3.35. The van der Waals surface area contributed by atoms with Gasteiger partial charge in [0.05, 0.1) is 10.9 Å². The van der Waals surface area contributed by atoms with Crippen molar-refractivity contribution < 1.29 is 9.53 Å². The molecule has 0 fully saturated rings. The Morgan fingerprint density at radius 2 is 1.75 bits per heavy atom. The molecular formula is C17H15N3O4. The van der Waals surface area contributed by atoms with Crippen LogP contribution in [0.15, 0.2) is 64.2 Å². The van der Waals surface area contributed by atoms with Gasteiger partial charge in [-0.3, -0.25) is 4.79 Å². The number of nitrogens with zero attached hydrogens (tertiary/aromatic N) is 1. The summed E-state index contributed by atoms with van der Waals surface area (Å²) in [5, 5.41) is 2.77. The maximum atomic E-state index is 12.3. The smallest absolute Gasteiger partial charge is 0.408 e. The number of benzene rings is 2. The first-order valence-electron chi connectivity index (χ1n) is 7.31. The lowest BCUT2D eigenvalue weighted by Crippen LogP contribution is -2.41. The molecule has 7 nitrogen and oxygen atoms in total. The molecular weight excluding hydrogens is 310 g/mol. The fourth-order valence-corrected chi connectivity index (χ4v) is 2.26.